The van der Waals surface area contributed by atoms with Gasteiger partial charge in [0.15, 0.2) is 11.6 Å². The highest BCUT2D eigenvalue weighted by Gasteiger charge is 2.22. The molecule has 0 aliphatic heterocycles. The van der Waals surface area contributed by atoms with Gasteiger partial charge in [-0.15, -0.1) is 0 Å². The molecule has 0 radical (unpaired) electrons. The van der Waals surface area contributed by atoms with Gasteiger partial charge < -0.3 is 5.32 Å². The van der Waals surface area contributed by atoms with E-state index in [1.807, 2.05) is 0 Å². The first-order valence-electron chi connectivity index (χ1n) is 9.01. The van der Waals surface area contributed by atoms with Crippen molar-refractivity contribution >= 4 is 21.6 Å². The standard InChI is InChI=1S/C20H25F2N3O3S/c1-14(2)25(4)29(27,28)17-8-6-16(7-9-17)23-20(26)13-24(3)12-15-5-10-18(21)19(22)11-15/h5-11,14H,12-13H2,1-4H3,(H,23,26). The molecule has 2 rings (SSSR count). The van der Waals surface area contributed by atoms with Crippen molar-refractivity contribution in [1.29, 1.82) is 0 Å². The van der Waals surface area contributed by atoms with Gasteiger partial charge in [-0.1, -0.05) is 6.07 Å². The fraction of sp³-hybridized carbons (Fsp3) is 0.350. The predicted molar refractivity (Wildman–Crippen MR) is 108 cm³/mol. The van der Waals surface area contributed by atoms with E-state index in [1.54, 1.807) is 25.8 Å². The fourth-order valence-corrected chi connectivity index (χ4v) is 3.97. The summed E-state index contributed by atoms with van der Waals surface area (Å²) in [6.07, 6.45) is 0. The molecule has 1 N–H and O–H groups in total. The van der Waals surface area contributed by atoms with Crippen molar-refractivity contribution in [2.45, 2.75) is 31.3 Å². The maximum absolute atomic E-state index is 13.3. The first-order valence-corrected chi connectivity index (χ1v) is 10.4. The summed E-state index contributed by atoms with van der Waals surface area (Å²) in [7, 11) is -0.397. The van der Waals surface area contributed by atoms with Crippen LogP contribution in [0.5, 0.6) is 0 Å². The average molecular weight is 426 g/mol. The van der Waals surface area contributed by atoms with E-state index >= 15 is 0 Å². The minimum atomic E-state index is -3.59. The summed E-state index contributed by atoms with van der Waals surface area (Å²) in [5.41, 5.74) is 1.01. The highest BCUT2D eigenvalue weighted by atomic mass is 32.2. The molecule has 0 saturated heterocycles. The molecular weight excluding hydrogens is 400 g/mol. The molecule has 0 bridgehead atoms. The summed E-state index contributed by atoms with van der Waals surface area (Å²) in [6, 6.07) is 9.35. The van der Waals surface area contributed by atoms with Crippen LogP contribution in [0.4, 0.5) is 14.5 Å². The Kier molecular flexibility index (Phi) is 7.45. The number of anilines is 1. The van der Waals surface area contributed by atoms with Crippen LogP contribution in [-0.4, -0.2) is 50.2 Å². The maximum Gasteiger partial charge on any atom is 0.243 e. The molecule has 0 unspecified atom stereocenters. The molecule has 158 valence electrons. The third-order valence-electron chi connectivity index (χ3n) is 4.39. The molecule has 0 spiro atoms. The largest absolute Gasteiger partial charge is 0.325 e. The number of hydrogen-bond acceptors (Lipinski definition) is 4. The summed E-state index contributed by atoms with van der Waals surface area (Å²) in [6.45, 7) is 3.85. The smallest absolute Gasteiger partial charge is 0.243 e. The van der Waals surface area contributed by atoms with Crippen molar-refractivity contribution < 1.29 is 22.0 Å². The lowest BCUT2D eigenvalue weighted by atomic mass is 10.2. The Balaban J connectivity index is 1.96. The summed E-state index contributed by atoms with van der Waals surface area (Å²) in [5, 5.41) is 2.69. The number of rotatable bonds is 8. The van der Waals surface area contributed by atoms with E-state index in [4.69, 9.17) is 0 Å². The zero-order valence-corrected chi connectivity index (χ0v) is 17.6. The van der Waals surface area contributed by atoms with Crippen LogP contribution in [0.25, 0.3) is 0 Å². The van der Waals surface area contributed by atoms with Crippen molar-refractivity contribution in [3.8, 4) is 0 Å². The molecule has 0 aliphatic rings. The number of sulfonamides is 1. The van der Waals surface area contributed by atoms with E-state index < -0.39 is 21.7 Å². The van der Waals surface area contributed by atoms with Gasteiger partial charge in [0.1, 0.15) is 0 Å². The quantitative estimate of drug-likeness (QED) is 0.706. The number of hydrogen-bond donors (Lipinski definition) is 1. The van der Waals surface area contributed by atoms with E-state index in [0.29, 0.717) is 11.3 Å². The number of nitrogens with zero attached hydrogens (tertiary/aromatic N) is 2. The summed E-state index contributed by atoms with van der Waals surface area (Å²) >= 11 is 0. The van der Waals surface area contributed by atoms with Crippen LogP contribution in [0.2, 0.25) is 0 Å². The lowest BCUT2D eigenvalue weighted by Gasteiger charge is -2.21. The van der Waals surface area contributed by atoms with E-state index in [9.17, 15) is 22.0 Å². The molecule has 0 heterocycles. The number of halogens is 2. The average Bonchev–Trinajstić information content (AvgIpc) is 2.64. The number of benzene rings is 2. The zero-order chi connectivity index (χ0) is 21.8. The number of carbonyl (C=O) groups excluding carboxylic acids is 1. The number of likely N-dealkylation sites (N-methyl/N-ethyl adjacent to an activating group) is 1. The Morgan fingerprint density at radius 2 is 1.66 bits per heavy atom. The van der Waals surface area contributed by atoms with Crippen molar-refractivity contribution in [3.63, 3.8) is 0 Å². The van der Waals surface area contributed by atoms with Crippen LogP contribution in [0.3, 0.4) is 0 Å². The van der Waals surface area contributed by atoms with Gasteiger partial charge in [0.05, 0.1) is 11.4 Å². The van der Waals surface area contributed by atoms with Gasteiger partial charge in [0.2, 0.25) is 15.9 Å². The molecule has 2 aromatic carbocycles. The maximum atomic E-state index is 13.3. The van der Waals surface area contributed by atoms with Gasteiger partial charge in [-0.2, -0.15) is 4.31 Å². The van der Waals surface area contributed by atoms with Crippen LogP contribution in [0.1, 0.15) is 19.4 Å². The third-order valence-corrected chi connectivity index (χ3v) is 6.44. The van der Waals surface area contributed by atoms with E-state index in [1.165, 1.54) is 41.7 Å². The second-order valence-corrected chi connectivity index (χ2v) is 9.11. The van der Waals surface area contributed by atoms with Gasteiger partial charge >= 0.3 is 0 Å². The topological polar surface area (TPSA) is 69.7 Å². The Labute approximate surface area is 170 Å². The number of amides is 1. The van der Waals surface area contributed by atoms with Crippen LogP contribution in [-0.2, 0) is 21.4 Å². The van der Waals surface area contributed by atoms with E-state index in [2.05, 4.69) is 5.32 Å². The monoisotopic (exact) mass is 425 g/mol. The van der Waals surface area contributed by atoms with E-state index in [0.717, 1.165) is 12.1 Å². The van der Waals surface area contributed by atoms with Gasteiger partial charge in [-0.3, -0.25) is 9.69 Å². The molecule has 6 nitrogen and oxygen atoms in total. The molecule has 0 saturated carbocycles. The predicted octanol–water partition coefficient (Wildman–Crippen LogP) is 3.06. The summed E-state index contributed by atoms with van der Waals surface area (Å²) in [4.78, 5) is 14.0. The Hall–Kier alpha value is -2.36. The Morgan fingerprint density at radius 3 is 2.21 bits per heavy atom. The van der Waals surface area contributed by atoms with Crippen molar-refractivity contribution in [2.24, 2.45) is 0 Å². The Bertz CT molecular complexity index is 963. The van der Waals surface area contributed by atoms with Gasteiger partial charge in [-0.05, 0) is 62.9 Å². The SMILES string of the molecule is CC(C)N(C)S(=O)(=O)c1ccc(NC(=O)CN(C)Cc2ccc(F)c(F)c2)cc1. The molecular formula is C20H25F2N3O3S. The molecule has 1 amide bonds. The molecule has 9 heteroatoms. The normalized spacial score (nSPS) is 12.0. The lowest BCUT2D eigenvalue weighted by molar-refractivity contribution is -0.117. The first-order chi connectivity index (χ1) is 13.5. The van der Waals surface area contributed by atoms with Crippen molar-refractivity contribution in [2.75, 3.05) is 26.0 Å². The minimum Gasteiger partial charge on any atom is -0.325 e. The highest BCUT2D eigenvalue weighted by molar-refractivity contribution is 7.89. The molecule has 0 atom stereocenters. The molecule has 0 aromatic heterocycles. The molecule has 0 aliphatic carbocycles. The first kappa shape index (κ1) is 22.9. The number of nitrogens with one attached hydrogen (secondary N) is 1. The van der Waals surface area contributed by atoms with Gasteiger partial charge in [-0.25, -0.2) is 17.2 Å². The number of carbonyl (C=O) groups is 1. The third kappa shape index (κ3) is 6.06. The lowest BCUT2D eigenvalue weighted by Crippen LogP contribution is -2.33. The van der Waals surface area contributed by atoms with Crippen LogP contribution in [0.15, 0.2) is 47.4 Å². The molecule has 2 aromatic rings. The van der Waals surface area contributed by atoms with Gasteiger partial charge in [0, 0.05) is 25.3 Å². The Morgan fingerprint density at radius 1 is 1.03 bits per heavy atom. The summed E-state index contributed by atoms with van der Waals surface area (Å²) < 4.78 is 52.4. The second-order valence-electron chi connectivity index (χ2n) is 7.11. The molecule has 0 fully saturated rings. The minimum absolute atomic E-state index is 0.0229. The van der Waals surface area contributed by atoms with Crippen LogP contribution < -0.4 is 5.32 Å². The second kappa shape index (κ2) is 9.43. The van der Waals surface area contributed by atoms with Crippen molar-refractivity contribution in [1.82, 2.24) is 9.21 Å². The highest BCUT2D eigenvalue weighted by Crippen LogP contribution is 2.19. The zero-order valence-electron chi connectivity index (χ0n) is 16.8. The summed E-state index contributed by atoms with van der Waals surface area (Å²) in [5.74, 6) is -2.16. The van der Waals surface area contributed by atoms with Crippen LogP contribution in [0, 0.1) is 11.6 Å². The van der Waals surface area contributed by atoms with Crippen LogP contribution >= 0.6 is 0 Å². The van der Waals surface area contributed by atoms with Crippen molar-refractivity contribution in [3.05, 3.63) is 59.7 Å². The molecule has 29 heavy (non-hydrogen) atoms. The van der Waals surface area contributed by atoms with Gasteiger partial charge in [0.25, 0.3) is 0 Å². The fourth-order valence-electron chi connectivity index (χ4n) is 2.61. The van der Waals surface area contributed by atoms with E-state index in [-0.39, 0.29) is 29.9 Å².